The van der Waals surface area contributed by atoms with E-state index in [-0.39, 0.29) is 40.9 Å². The van der Waals surface area contributed by atoms with Crippen LogP contribution in [0.5, 0.6) is 0 Å². The Bertz CT molecular complexity index is 697. The monoisotopic (exact) mass is 306 g/mol. The van der Waals surface area contributed by atoms with Gasteiger partial charge in [0.25, 0.3) is 0 Å². The molecule has 0 atom stereocenters. The second-order valence-electron chi connectivity index (χ2n) is 5.35. The molecule has 0 bridgehead atoms. The Labute approximate surface area is 127 Å². The molecule has 0 unspecified atom stereocenters. The van der Waals surface area contributed by atoms with Gasteiger partial charge < -0.3 is 20.2 Å². The van der Waals surface area contributed by atoms with Crippen LogP contribution in [0.15, 0.2) is 11.3 Å². The molecule has 0 aliphatic heterocycles. The average molecular weight is 306 g/mol. The molecule has 1 aromatic heterocycles. The minimum absolute atomic E-state index is 0.00368. The normalized spacial score (nSPS) is 14.4. The first kappa shape index (κ1) is 15.8. The molecule has 7 nitrogen and oxygen atoms in total. The molecular weight excluding hydrogens is 288 g/mol. The molecule has 2 rings (SSSR count). The summed E-state index contributed by atoms with van der Waals surface area (Å²) in [6, 6.07) is 0. The number of carbonyl (C=O) groups is 3. The summed E-state index contributed by atoms with van der Waals surface area (Å²) in [5.41, 5.74) is 6.76. The van der Waals surface area contributed by atoms with Gasteiger partial charge in [-0.15, -0.1) is 0 Å². The Morgan fingerprint density at radius 2 is 1.91 bits per heavy atom. The van der Waals surface area contributed by atoms with Crippen LogP contribution in [0.1, 0.15) is 58.8 Å². The number of aromatic amines is 1. The molecule has 1 aromatic rings. The number of hydrogen-bond acceptors (Lipinski definition) is 5. The number of allylic oxidation sites excluding steroid dienone is 2. The zero-order chi connectivity index (χ0) is 16.6. The van der Waals surface area contributed by atoms with Crippen LogP contribution in [-0.2, 0) is 16.1 Å². The number of Topliss-reactive ketones (excluding diaryl/α,β-unsaturated/α-hetero) is 2. The van der Waals surface area contributed by atoms with Crippen LogP contribution in [0.3, 0.4) is 0 Å². The minimum Gasteiger partial charge on any atom is -0.492 e. The van der Waals surface area contributed by atoms with Crippen molar-refractivity contribution < 1.29 is 23.9 Å². The van der Waals surface area contributed by atoms with Crippen LogP contribution >= 0.6 is 0 Å². The molecule has 0 fully saturated rings. The summed E-state index contributed by atoms with van der Waals surface area (Å²) in [5.74, 6) is -0.699. The van der Waals surface area contributed by atoms with Crippen molar-refractivity contribution in [3.8, 4) is 0 Å². The number of amides is 1. The lowest BCUT2D eigenvalue weighted by Gasteiger charge is -2.16. The lowest BCUT2D eigenvalue weighted by molar-refractivity contribution is 0.0901. The second-order valence-corrected chi connectivity index (χ2v) is 5.35. The van der Waals surface area contributed by atoms with Crippen LogP contribution < -0.4 is 5.73 Å². The number of ketones is 2. The number of H-pyrrole nitrogens is 1. The molecule has 1 amide bonds. The van der Waals surface area contributed by atoms with Crippen molar-refractivity contribution in [2.45, 2.75) is 33.3 Å². The Morgan fingerprint density at radius 1 is 1.27 bits per heavy atom. The molecule has 118 valence electrons. The van der Waals surface area contributed by atoms with E-state index in [0.29, 0.717) is 11.3 Å². The predicted molar refractivity (Wildman–Crippen MR) is 77.6 cm³/mol. The molecule has 7 heteroatoms. The van der Waals surface area contributed by atoms with Crippen molar-refractivity contribution in [3.05, 3.63) is 33.8 Å². The molecule has 22 heavy (non-hydrogen) atoms. The number of rotatable bonds is 4. The van der Waals surface area contributed by atoms with Crippen LogP contribution in [-0.4, -0.2) is 29.8 Å². The smallest absolute Gasteiger partial charge is 0.404 e. The molecule has 0 radical (unpaired) electrons. The SMILES string of the molecule is COC1=C(C)C(=O)c2[nH]c(C(C)C)c(COC(N)=O)c2C1=O. The van der Waals surface area contributed by atoms with Gasteiger partial charge in [-0.2, -0.15) is 0 Å². The van der Waals surface area contributed by atoms with E-state index in [9.17, 15) is 14.4 Å². The Hall–Kier alpha value is -2.57. The van der Waals surface area contributed by atoms with Gasteiger partial charge in [0.1, 0.15) is 6.61 Å². The van der Waals surface area contributed by atoms with Gasteiger partial charge in [-0.1, -0.05) is 13.8 Å². The zero-order valence-electron chi connectivity index (χ0n) is 12.9. The summed E-state index contributed by atoms with van der Waals surface area (Å²) in [6.45, 7) is 5.16. The molecule has 1 heterocycles. The van der Waals surface area contributed by atoms with Gasteiger partial charge >= 0.3 is 6.09 Å². The number of aromatic nitrogens is 1. The van der Waals surface area contributed by atoms with Crippen molar-refractivity contribution >= 4 is 17.7 Å². The highest BCUT2D eigenvalue weighted by Gasteiger charge is 2.36. The van der Waals surface area contributed by atoms with Crippen molar-refractivity contribution in [1.82, 2.24) is 4.98 Å². The maximum Gasteiger partial charge on any atom is 0.404 e. The fourth-order valence-corrected chi connectivity index (χ4v) is 2.59. The minimum atomic E-state index is -0.946. The van der Waals surface area contributed by atoms with Gasteiger partial charge in [-0.25, -0.2) is 4.79 Å². The van der Waals surface area contributed by atoms with E-state index in [0.717, 1.165) is 0 Å². The lowest BCUT2D eigenvalue weighted by atomic mass is 9.91. The quantitative estimate of drug-likeness (QED) is 0.884. The number of methoxy groups -OCH3 is 1. The fraction of sp³-hybridized carbons (Fsp3) is 0.400. The molecule has 3 N–H and O–H groups in total. The Morgan fingerprint density at radius 3 is 2.41 bits per heavy atom. The Kier molecular flexibility index (Phi) is 4.07. The van der Waals surface area contributed by atoms with E-state index in [1.54, 1.807) is 0 Å². The van der Waals surface area contributed by atoms with Gasteiger partial charge in [0.2, 0.25) is 11.6 Å². The van der Waals surface area contributed by atoms with Gasteiger partial charge in [0.05, 0.1) is 18.4 Å². The van der Waals surface area contributed by atoms with E-state index in [2.05, 4.69) is 4.98 Å². The van der Waals surface area contributed by atoms with Crippen molar-refractivity contribution in [2.24, 2.45) is 5.73 Å². The molecule has 0 saturated heterocycles. The van der Waals surface area contributed by atoms with E-state index >= 15 is 0 Å². The van der Waals surface area contributed by atoms with Gasteiger partial charge in [-0.05, 0) is 12.8 Å². The average Bonchev–Trinajstić information content (AvgIpc) is 2.83. The maximum absolute atomic E-state index is 12.6. The van der Waals surface area contributed by atoms with Crippen molar-refractivity contribution in [1.29, 1.82) is 0 Å². The summed E-state index contributed by atoms with van der Waals surface area (Å²) in [5, 5.41) is 0. The van der Waals surface area contributed by atoms with Gasteiger partial charge in [-0.3, -0.25) is 9.59 Å². The zero-order valence-corrected chi connectivity index (χ0v) is 12.9. The number of ether oxygens (including phenoxy) is 2. The van der Waals surface area contributed by atoms with Gasteiger partial charge in [0, 0.05) is 16.8 Å². The Balaban J connectivity index is 2.63. The molecule has 0 saturated carbocycles. The third kappa shape index (κ3) is 2.38. The number of hydrogen-bond donors (Lipinski definition) is 2. The third-order valence-electron chi connectivity index (χ3n) is 3.62. The highest BCUT2D eigenvalue weighted by atomic mass is 16.5. The number of nitrogens with two attached hydrogens (primary N) is 1. The summed E-state index contributed by atoms with van der Waals surface area (Å²) in [7, 11) is 1.34. The lowest BCUT2D eigenvalue weighted by Crippen LogP contribution is -2.22. The molecule has 1 aliphatic rings. The summed E-state index contributed by atoms with van der Waals surface area (Å²) < 4.78 is 9.88. The number of primary amides is 1. The first-order valence-electron chi connectivity index (χ1n) is 6.80. The second kappa shape index (κ2) is 5.67. The maximum atomic E-state index is 12.6. The summed E-state index contributed by atoms with van der Waals surface area (Å²) in [4.78, 5) is 38.8. The van der Waals surface area contributed by atoms with Gasteiger partial charge in [0.15, 0.2) is 5.76 Å². The molecule has 1 aliphatic carbocycles. The van der Waals surface area contributed by atoms with Crippen LogP contribution in [0.25, 0.3) is 0 Å². The first-order chi connectivity index (χ1) is 10.3. The van der Waals surface area contributed by atoms with Crippen LogP contribution in [0.2, 0.25) is 0 Å². The van der Waals surface area contributed by atoms with E-state index < -0.39 is 11.9 Å². The molecule has 0 aromatic carbocycles. The first-order valence-corrected chi connectivity index (χ1v) is 6.80. The van der Waals surface area contributed by atoms with Crippen molar-refractivity contribution in [3.63, 3.8) is 0 Å². The fourth-order valence-electron chi connectivity index (χ4n) is 2.59. The van der Waals surface area contributed by atoms with Crippen LogP contribution in [0.4, 0.5) is 4.79 Å². The van der Waals surface area contributed by atoms with E-state index in [4.69, 9.17) is 15.2 Å². The van der Waals surface area contributed by atoms with E-state index in [1.807, 2.05) is 13.8 Å². The highest BCUT2D eigenvalue weighted by Crippen LogP contribution is 2.33. The highest BCUT2D eigenvalue weighted by molar-refractivity contribution is 6.26. The standard InChI is InChI=1S/C15H18N2O5/c1-6(2)10-8(5-22-15(16)20)9-11(17-10)12(18)7(3)14(21-4)13(9)19/h6,17H,5H2,1-4H3,(H2,16,20). The van der Waals surface area contributed by atoms with Crippen molar-refractivity contribution in [2.75, 3.05) is 7.11 Å². The van der Waals surface area contributed by atoms with Crippen LogP contribution in [0, 0.1) is 0 Å². The predicted octanol–water partition coefficient (Wildman–Crippen LogP) is 2.03. The third-order valence-corrected chi connectivity index (χ3v) is 3.62. The molecule has 0 spiro atoms. The largest absolute Gasteiger partial charge is 0.492 e. The number of nitrogens with one attached hydrogen (secondary N) is 1. The topological polar surface area (TPSA) is 111 Å². The molecular formula is C15H18N2O5. The summed E-state index contributed by atoms with van der Waals surface area (Å²) in [6.07, 6.45) is -0.946. The number of fused-ring (bicyclic) bond motifs is 1. The number of carbonyl (C=O) groups excluding carboxylic acids is 3. The van der Waals surface area contributed by atoms with E-state index in [1.165, 1.54) is 14.0 Å². The summed E-state index contributed by atoms with van der Waals surface area (Å²) >= 11 is 0.